The number of hydrogen-bond acceptors (Lipinski definition) is 1. The zero-order valence-electron chi connectivity index (χ0n) is 9.52. The second-order valence-electron chi connectivity index (χ2n) is 3.45. The van der Waals surface area contributed by atoms with Gasteiger partial charge in [-0.2, -0.15) is 13.2 Å². The Hall–Kier alpha value is -0.250. The Morgan fingerprint density at radius 3 is 1.47 bits per heavy atom. The van der Waals surface area contributed by atoms with Crippen molar-refractivity contribution in [3.05, 3.63) is 0 Å². The van der Waals surface area contributed by atoms with Gasteiger partial charge in [-0.25, -0.2) is 0 Å². The van der Waals surface area contributed by atoms with Gasteiger partial charge in [0.15, 0.2) is 0 Å². The number of unbranched alkanes of at least 4 members (excludes halogenated alkanes) is 7. The first-order valence-electron chi connectivity index (χ1n) is 5.68. The Balaban J connectivity index is 0. The van der Waals surface area contributed by atoms with Crippen LogP contribution >= 0.6 is 0 Å². The molecule has 0 aliphatic heterocycles. The van der Waals surface area contributed by atoms with E-state index in [0.29, 0.717) is 6.61 Å². The van der Waals surface area contributed by atoms with Gasteiger partial charge in [0.1, 0.15) is 0 Å². The van der Waals surface area contributed by atoms with Crippen LogP contribution in [0.2, 0.25) is 0 Å². The average molecular weight is 228 g/mol. The lowest BCUT2D eigenvalue weighted by Gasteiger charge is -1.98. The molecule has 15 heavy (non-hydrogen) atoms. The minimum atomic E-state index is -3.67. The number of alkyl halides is 3. The smallest absolute Gasteiger partial charge is 0.379 e. The molecular weight excluding hydrogens is 205 g/mol. The third kappa shape index (κ3) is 31.6. The third-order valence-corrected chi connectivity index (χ3v) is 2.01. The molecule has 0 aromatic carbocycles. The highest BCUT2D eigenvalue weighted by Crippen LogP contribution is 2.07. The maximum atomic E-state index is 9.67. The molecule has 1 nitrogen and oxygen atoms in total. The summed E-state index contributed by atoms with van der Waals surface area (Å²) >= 11 is 0. The van der Waals surface area contributed by atoms with Crippen LogP contribution < -0.4 is 0 Å². The largest absolute Gasteiger partial charge is 0.396 e. The van der Waals surface area contributed by atoms with Gasteiger partial charge in [-0.05, 0) is 6.42 Å². The fraction of sp³-hybridized carbons (Fsp3) is 1.00. The van der Waals surface area contributed by atoms with Gasteiger partial charge in [-0.3, -0.25) is 0 Å². The fourth-order valence-corrected chi connectivity index (χ4v) is 1.25. The molecule has 0 bridgehead atoms. The minimum absolute atomic E-state index is 0.370. The highest BCUT2D eigenvalue weighted by atomic mass is 19.4. The molecular formula is C11H23F3O. The van der Waals surface area contributed by atoms with Gasteiger partial charge in [0.05, 0.1) is 0 Å². The van der Waals surface area contributed by atoms with Crippen molar-refractivity contribution < 1.29 is 18.3 Å². The SMILES string of the molecule is CCCCCCCCCCO.FC(F)F. The van der Waals surface area contributed by atoms with Gasteiger partial charge in [0, 0.05) is 6.61 Å². The van der Waals surface area contributed by atoms with Crippen LogP contribution in [0.3, 0.4) is 0 Å². The molecule has 0 aliphatic carbocycles. The van der Waals surface area contributed by atoms with Crippen LogP contribution in [0.25, 0.3) is 0 Å². The second kappa shape index (κ2) is 16.2. The Labute approximate surface area is 90.7 Å². The molecule has 94 valence electrons. The van der Waals surface area contributed by atoms with Crippen LogP contribution in [0, 0.1) is 0 Å². The van der Waals surface area contributed by atoms with Crippen LogP contribution in [-0.4, -0.2) is 18.4 Å². The number of aliphatic hydroxyl groups excluding tert-OH is 1. The van der Waals surface area contributed by atoms with Crippen molar-refractivity contribution in [1.29, 1.82) is 0 Å². The van der Waals surface area contributed by atoms with Crippen LogP contribution in [0.15, 0.2) is 0 Å². The summed E-state index contributed by atoms with van der Waals surface area (Å²) in [6.45, 7) is -1.05. The summed E-state index contributed by atoms with van der Waals surface area (Å²) in [5.74, 6) is 0. The van der Waals surface area contributed by atoms with E-state index in [1.54, 1.807) is 0 Å². The highest BCUT2D eigenvalue weighted by Gasteiger charge is 1.89. The predicted octanol–water partition coefficient (Wildman–Crippen LogP) is 4.30. The molecule has 1 N–H and O–H groups in total. The maximum absolute atomic E-state index is 9.67. The van der Waals surface area contributed by atoms with Crippen molar-refractivity contribution >= 4 is 0 Å². The fourth-order valence-electron chi connectivity index (χ4n) is 1.25. The molecule has 0 radical (unpaired) electrons. The van der Waals surface area contributed by atoms with Crippen LogP contribution in [0.5, 0.6) is 0 Å². The maximum Gasteiger partial charge on any atom is 0.379 e. The lowest BCUT2D eigenvalue weighted by atomic mass is 10.1. The summed E-state index contributed by atoms with van der Waals surface area (Å²) in [5, 5.41) is 8.51. The first kappa shape index (κ1) is 17.2. The number of rotatable bonds is 8. The number of aliphatic hydroxyl groups is 1. The molecule has 0 rings (SSSR count). The molecule has 0 fully saturated rings. The zero-order chi connectivity index (χ0) is 11.9. The molecule has 0 aliphatic rings. The van der Waals surface area contributed by atoms with Crippen molar-refractivity contribution in [1.82, 2.24) is 0 Å². The Bertz CT molecular complexity index is 89.1. The summed E-state index contributed by atoms with van der Waals surface area (Å²) in [4.78, 5) is 0. The van der Waals surface area contributed by atoms with E-state index < -0.39 is 6.68 Å². The molecule has 0 unspecified atom stereocenters. The van der Waals surface area contributed by atoms with E-state index in [2.05, 4.69) is 6.92 Å². The molecule has 4 heteroatoms. The van der Waals surface area contributed by atoms with Crippen molar-refractivity contribution in [2.75, 3.05) is 6.61 Å². The predicted molar refractivity (Wildman–Crippen MR) is 56.8 cm³/mol. The van der Waals surface area contributed by atoms with Gasteiger partial charge in [0.25, 0.3) is 0 Å². The van der Waals surface area contributed by atoms with E-state index in [1.807, 2.05) is 0 Å². The molecule has 0 saturated carbocycles. The summed E-state index contributed by atoms with van der Waals surface area (Å²) in [5.41, 5.74) is 0. The molecule has 0 aromatic rings. The van der Waals surface area contributed by atoms with Crippen molar-refractivity contribution in [3.63, 3.8) is 0 Å². The number of hydrogen-bond donors (Lipinski definition) is 1. The molecule has 0 heterocycles. The van der Waals surface area contributed by atoms with Gasteiger partial charge in [0.2, 0.25) is 0 Å². The van der Waals surface area contributed by atoms with E-state index in [0.717, 1.165) is 6.42 Å². The summed E-state index contributed by atoms with van der Waals surface area (Å²) in [6, 6.07) is 0. The number of halogens is 3. The molecule has 0 saturated heterocycles. The van der Waals surface area contributed by atoms with Gasteiger partial charge in [-0.15, -0.1) is 0 Å². The van der Waals surface area contributed by atoms with E-state index in [4.69, 9.17) is 5.11 Å². The van der Waals surface area contributed by atoms with E-state index >= 15 is 0 Å². The second-order valence-corrected chi connectivity index (χ2v) is 3.45. The third-order valence-electron chi connectivity index (χ3n) is 2.01. The summed E-state index contributed by atoms with van der Waals surface area (Å²) in [7, 11) is 0. The highest BCUT2D eigenvalue weighted by molar-refractivity contribution is 4.44. The normalized spacial score (nSPS) is 10.0. The van der Waals surface area contributed by atoms with Gasteiger partial charge in [-0.1, -0.05) is 51.9 Å². The monoisotopic (exact) mass is 228 g/mol. The van der Waals surface area contributed by atoms with E-state index in [-0.39, 0.29) is 0 Å². The standard InChI is InChI=1S/C10H22O.CHF3/c1-2-3-4-5-6-7-8-9-10-11;2-1(3)4/h11H,2-10H2,1H3;1H. The van der Waals surface area contributed by atoms with Crippen LogP contribution in [-0.2, 0) is 0 Å². The zero-order valence-corrected chi connectivity index (χ0v) is 9.52. The van der Waals surface area contributed by atoms with Gasteiger partial charge >= 0.3 is 6.68 Å². The first-order valence-corrected chi connectivity index (χ1v) is 5.68. The van der Waals surface area contributed by atoms with E-state index in [9.17, 15) is 13.2 Å². The Morgan fingerprint density at radius 2 is 1.13 bits per heavy atom. The van der Waals surface area contributed by atoms with Crippen molar-refractivity contribution in [2.24, 2.45) is 0 Å². The lowest BCUT2D eigenvalue weighted by molar-refractivity contribution is 0.00819. The average Bonchev–Trinajstić information content (AvgIpc) is 2.16. The van der Waals surface area contributed by atoms with Crippen LogP contribution in [0.4, 0.5) is 13.2 Å². The van der Waals surface area contributed by atoms with Crippen molar-refractivity contribution in [2.45, 2.75) is 65.0 Å². The van der Waals surface area contributed by atoms with Gasteiger partial charge < -0.3 is 5.11 Å². The summed E-state index contributed by atoms with van der Waals surface area (Å²) in [6.07, 6.45) is 10.4. The van der Waals surface area contributed by atoms with Crippen molar-refractivity contribution in [3.8, 4) is 0 Å². The summed E-state index contributed by atoms with van der Waals surface area (Å²) < 4.78 is 29.0. The molecule has 0 aromatic heterocycles. The van der Waals surface area contributed by atoms with Crippen LogP contribution in [0.1, 0.15) is 58.3 Å². The Kier molecular flexibility index (Phi) is 18.5. The Morgan fingerprint density at radius 1 is 0.800 bits per heavy atom. The topological polar surface area (TPSA) is 20.2 Å². The first-order chi connectivity index (χ1) is 7.15. The van der Waals surface area contributed by atoms with E-state index in [1.165, 1.54) is 44.9 Å². The quantitative estimate of drug-likeness (QED) is 0.614. The molecule has 0 amide bonds. The molecule has 0 atom stereocenters. The minimum Gasteiger partial charge on any atom is -0.396 e. The lowest BCUT2D eigenvalue weighted by Crippen LogP contribution is -1.83. The molecule has 0 spiro atoms.